The fourth-order valence-corrected chi connectivity index (χ4v) is 4.50. The Balaban J connectivity index is 2.27. The average Bonchev–Trinajstić information content (AvgIpc) is 2.66. The fourth-order valence-electron chi connectivity index (χ4n) is 2.59. The molecule has 2 N–H and O–H groups in total. The lowest BCUT2D eigenvalue weighted by Crippen LogP contribution is -2.33. The molecule has 6 nitrogen and oxygen atoms in total. The molecular formula is C19H22F3N2O4P. The molecule has 2 aromatic carbocycles. The number of carbonyl (C=O) groups is 1. The summed E-state index contributed by atoms with van der Waals surface area (Å²) in [5, 5.41) is 4.83. The number of hydrogen-bond acceptors (Lipinski definition) is 4. The number of anilines is 1. The second kappa shape index (κ2) is 9.91. The zero-order valence-electron chi connectivity index (χ0n) is 15.9. The van der Waals surface area contributed by atoms with Crippen LogP contribution >= 0.6 is 7.60 Å². The number of nitrogens with one attached hydrogen (secondary N) is 2. The van der Waals surface area contributed by atoms with Crippen LogP contribution in [-0.4, -0.2) is 19.2 Å². The number of urea groups is 1. The minimum Gasteiger partial charge on any atom is -0.320 e. The largest absolute Gasteiger partial charge is 0.416 e. The third kappa shape index (κ3) is 6.32. The lowest BCUT2D eigenvalue weighted by Gasteiger charge is -2.27. The van der Waals surface area contributed by atoms with Crippen molar-refractivity contribution in [3.63, 3.8) is 0 Å². The molecule has 1 atom stereocenters. The van der Waals surface area contributed by atoms with Gasteiger partial charge in [0.25, 0.3) is 0 Å². The van der Waals surface area contributed by atoms with E-state index in [9.17, 15) is 22.5 Å². The van der Waals surface area contributed by atoms with E-state index in [2.05, 4.69) is 10.6 Å². The minimum atomic E-state index is -4.54. The van der Waals surface area contributed by atoms with E-state index in [1.807, 2.05) is 0 Å². The van der Waals surface area contributed by atoms with Crippen LogP contribution in [0.3, 0.4) is 0 Å². The number of rotatable bonds is 8. The van der Waals surface area contributed by atoms with Crippen molar-refractivity contribution in [2.24, 2.45) is 0 Å². The molecule has 10 heteroatoms. The van der Waals surface area contributed by atoms with Crippen LogP contribution in [0, 0.1) is 0 Å². The number of alkyl halides is 3. The van der Waals surface area contributed by atoms with Crippen molar-refractivity contribution in [2.75, 3.05) is 18.5 Å². The molecule has 0 aliphatic heterocycles. The third-order valence-corrected chi connectivity index (χ3v) is 6.06. The predicted molar refractivity (Wildman–Crippen MR) is 104 cm³/mol. The molecule has 0 aliphatic rings. The maximum Gasteiger partial charge on any atom is 0.416 e. The number of benzene rings is 2. The van der Waals surface area contributed by atoms with Crippen molar-refractivity contribution in [2.45, 2.75) is 25.8 Å². The lowest BCUT2D eigenvalue weighted by atomic mass is 10.2. The first-order valence-corrected chi connectivity index (χ1v) is 10.5. The zero-order chi connectivity index (χ0) is 21.5. The highest BCUT2D eigenvalue weighted by Gasteiger charge is 2.38. The summed E-state index contributed by atoms with van der Waals surface area (Å²) in [5.74, 6) is -1.14. The first kappa shape index (κ1) is 22.9. The van der Waals surface area contributed by atoms with Crippen molar-refractivity contribution in [3.05, 3.63) is 65.7 Å². The van der Waals surface area contributed by atoms with Crippen LogP contribution in [0.1, 0.15) is 30.8 Å². The van der Waals surface area contributed by atoms with Gasteiger partial charge >= 0.3 is 19.8 Å². The summed E-state index contributed by atoms with van der Waals surface area (Å²) in [7, 11) is -3.80. The molecule has 0 fully saturated rings. The van der Waals surface area contributed by atoms with Gasteiger partial charge in [-0.2, -0.15) is 13.2 Å². The summed E-state index contributed by atoms with van der Waals surface area (Å²) < 4.78 is 62.5. The van der Waals surface area contributed by atoms with Crippen LogP contribution in [0.5, 0.6) is 0 Å². The van der Waals surface area contributed by atoms with Gasteiger partial charge in [-0.1, -0.05) is 36.4 Å². The molecule has 0 radical (unpaired) electrons. The molecule has 2 rings (SSSR count). The summed E-state index contributed by atoms with van der Waals surface area (Å²) in [4.78, 5) is 12.5. The van der Waals surface area contributed by atoms with Gasteiger partial charge in [0.1, 0.15) is 0 Å². The van der Waals surface area contributed by atoms with E-state index < -0.39 is 31.1 Å². The summed E-state index contributed by atoms with van der Waals surface area (Å²) in [5.41, 5.74) is -0.493. The Labute approximate surface area is 166 Å². The minimum absolute atomic E-state index is 0.0632. The maximum absolute atomic E-state index is 13.3. The summed E-state index contributed by atoms with van der Waals surface area (Å²) in [6, 6.07) is 11.8. The van der Waals surface area contributed by atoms with E-state index >= 15 is 0 Å². The standard InChI is InChI=1S/C19H22F3N2O4P/c1-3-27-29(26,28-4-2)17(14-9-6-5-7-10-14)24-18(25)23-16-12-8-11-15(13-16)19(20,21)22/h5-13,17H,3-4H2,1-2H3,(H2,23,24,25). The van der Waals surface area contributed by atoms with Crippen LogP contribution < -0.4 is 10.6 Å². The van der Waals surface area contributed by atoms with Crippen molar-refractivity contribution >= 4 is 19.3 Å². The van der Waals surface area contributed by atoms with Gasteiger partial charge < -0.3 is 19.7 Å². The van der Waals surface area contributed by atoms with Crippen LogP contribution in [0.2, 0.25) is 0 Å². The van der Waals surface area contributed by atoms with Gasteiger partial charge in [0.15, 0.2) is 5.78 Å². The van der Waals surface area contributed by atoms with Crippen molar-refractivity contribution in [1.29, 1.82) is 0 Å². The number of carbonyl (C=O) groups excluding carboxylic acids is 1. The number of halogens is 3. The first-order valence-electron chi connectivity index (χ1n) is 8.88. The zero-order valence-corrected chi connectivity index (χ0v) is 16.8. The molecule has 0 aromatic heterocycles. The van der Waals surface area contributed by atoms with E-state index in [-0.39, 0.29) is 18.9 Å². The quantitative estimate of drug-likeness (QED) is 0.520. The lowest BCUT2D eigenvalue weighted by molar-refractivity contribution is -0.137. The normalized spacial score (nSPS) is 13.0. The molecule has 29 heavy (non-hydrogen) atoms. The Kier molecular flexibility index (Phi) is 7.84. The van der Waals surface area contributed by atoms with Gasteiger partial charge in [0, 0.05) is 5.69 Å². The monoisotopic (exact) mass is 430 g/mol. The summed E-state index contributed by atoms with van der Waals surface area (Å²) in [6.07, 6.45) is -4.54. The van der Waals surface area contributed by atoms with Gasteiger partial charge in [0.05, 0.1) is 18.8 Å². The molecule has 0 bridgehead atoms. The highest BCUT2D eigenvalue weighted by Crippen LogP contribution is 2.59. The molecular weight excluding hydrogens is 408 g/mol. The Morgan fingerprint density at radius 3 is 2.21 bits per heavy atom. The van der Waals surface area contributed by atoms with Gasteiger partial charge in [-0.05, 0) is 37.6 Å². The maximum atomic E-state index is 13.3. The van der Waals surface area contributed by atoms with Crippen LogP contribution in [0.15, 0.2) is 54.6 Å². The van der Waals surface area contributed by atoms with Crippen LogP contribution in [-0.2, 0) is 19.8 Å². The van der Waals surface area contributed by atoms with Crippen LogP contribution in [0.25, 0.3) is 0 Å². The molecule has 158 valence electrons. The second-order valence-corrected chi connectivity index (χ2v) is 7.98. The molecule has 0 saturated heterocycles. The van der Waals surface area contributed by atoms with E-state index in [0.29, 0.717) is 5.56 Å². The Morgan fingerprint density at radius 2 is 1.66 bits per heavy atom. The smallest absolute Gasteiger partial charge is 0.320 e. The van der Waals surface area contributed by atoms with Crippen LogP contribution in [0.4, 0.5) is 23.7 Å². The summed E-state index contributed by atoms with van der Waals surface area (Å²) in [6.45, 7) is 3.43. The average molecular weight is 430 g/mol. The molecule has 2 aromatic rings. The van der Waals surface area contributed by atoms with E-state index in [1.165, 1.54) is 12.1 Å². The Hall–Kier alpha value is -2.35. The first-order chi connectivity index (χ1) is 13.7. The molecule has 1 unspecified atom stereocenters. The van der Waals surface area contributed by atoms with Gasteiger partial charge in [-0.25, -0.2) is 4.79 Å². The number of hydrogen-bond donors (Lipinski definition) is 2. The van der Waals surface area contributed by atoms with Crippen molar-refractivity contribution in [3.8, 4) is 0 Å². The highest BCUT2D eigenvalue weighted by atomic mass is 31.2. The molecule has 2 amide bonds. The molecule has 0 spiro atoms. The van der Waals surface area contributed by atoms with E-state index in [0.717, 1.165) is 12.1 Å². The van der Waals surface area contributed by atoms with Crippen molar-refractivity contribution in [1.82, 2.24) is 5.32 Å². The fraction of sp³-hybridized carbons (Fsp3) is 0.316. The van der Waals surface area contributed by atoms with Crippen molar-refractivity contribution < 1.29 is 31.6 Å². The predicted octanol–water partition coefficient (Wildman–Crippen LogP) is 5.79. The van der Waals surface area contributed by atoms with Gasteiger partial charge in [0.2, 0.25) is 0 Å². The van der Waals surface area contributed by atoms with Gasteiger partial charge in [-0.15, -0.1) is 0 Å². The summed E-state index contributed by atoms with van der Waals surface area (Å²) >= 11 is 0. The Bertz CT molecular complexity index is 852. The third-order valence-electron chi connectivity index (χ3n) is 3.77. The Morgan fingerprint density at radius 1 is 1.03 bits per heavy atom. The molecule has 0 heterocycles. The second-order valence-electron chi connectivity index (χ2n) is 5.87. The highest BCUT2D eigenvalue weighted by molar-refractivity contribution is 7.54. The molecule has 0 saturated carbocycles. The van der Waals surface area contributed by atoms with E-state index in [1.54, 1.807) is 44.2 Å². The van der Waals surface area contributed by atoms with Gasteiger partial charge in [-0.3, -0.25) is 4.57 Å². The number of amides is 2. The molecule has 0 aliphatic carbocycles. The topological polar surface area (TPSA) is 76.7 Å². The van der Waals surface area contributed by atoms with E-state index in [4.69, 9.17) is 9.05 Å². The SMILES string of the molecule is CCOP(=O)(OCC)C(NC(=O)Nc1cccc(C(F)(F)F)c1)c1ccccc1.